The van der Waals surface area contributed by atoms with Crippen LogP contribution in [0.25, 0.3) is 0 Å². The lowest BCUT2D eigenvalue weighted by Gasteiger charge is -2.17. The molecule has 2 N–H and O–H groups in total. The maximum Gasteiger partial charge on any atom is 0.240 e. The number of hydrogen-bond donors (Lipinski definition) is 2. The number of nitrogens with zero attached hydrogens (tertiary/aromatic N) is 1. The van der Waals surface area contributed by atoms with Crippen molar-refractivity contribution in [3.63, 3.8) is 0 Å². The molecule has 1 rings (SSSR count). The summed E-state index contributed by atoms with van der Waals surface area (Å²) in [5.74, 6) is 0. The normalized spacial score (nSPS) is 12.9. The number of methoxy groups -OCH3 is 1. The second kappa shape index (κ2) is 7.57. The van der Waals surface area contributed by atoms with Crippen molar-refractivity contribution >= 4 is 21.6 Å². The van der Waals surface area contributed by atoms with E-state index < -0.39 is 16.1 Å². The predicted molar refractivity (Wildman–Crippen MR) is 73.9 cm³/mol. The van der Waals surface area contributed by atoms with Crippen LogP contribution < -0.4 is 4.72 Å². The van der Waals surface area contributed by atoms with Gasteiger partial charge in [0.2, 0.25) is 10.0 Å². The molecule has 1 atom stereocenters. The second-order valence-electron chi connectivity index (χ2n) is 4.04. The van der Waals surface area contributed by atoms with Gasteiger partial charge in [-0.15, -0.1) is 0 Å². The van der Waals surface area contributed by atoms with E-state index in [1.165, 1.54) is 25.3 Å². The number of nitriles is 1. The lowest BCUT2D eigenvalue weighted by atomic mass is 10.2. The van der Waals surface area contributed by atoms with E-state index in [9.17, 15) is 8.42 Å². The zero-order valence-electron chi connectivity index (χ0n) is 10.8. The summed E-state index contributed by atoms with van der Waals surface area (Å²) in [4.78, 5) is -0.0412. The lowest BCUT2D eigenvalue weighted by molar-refractivity contribution is 0.158. The maximum absolute atomic E-state index is 12.2. The van der Waals surface area contributed by atoms with E-state index in [2.05, 4.69) is 4.72 Å². The van der Waals surface area contributed by atoms with Gasteiger partial charge in [-0.1, -0.05) is 11.6 Å². The lowest BCUT2D eigenvalue weighted by Crippen LogP contribution is -2.38. The van der Waals surface area contributed by atoms with E-state index in [1.54, 1.807) is 0 Å². The Bertz CT molecular complexity index is 592. The first-order chi connectivity index (χ1) is 9.44. The number of halogens is 1. The first-order valence-electron chi connectivity index (χ1n) is 5.76. The van der Waals surface area contributed by atoms with Crippen LogP contribution >= 0.6 is 11.6 Å². The van der Waals surface area contributed by atoms with Gasteiger partial charge in [0, 0.05) is 19.8 Å². The van der Waals surface area contributed by atoms with Crippen molar-refractivity contribution < 1.29 is 18.3 Å². The third-order valence-corrected chi connectivity index (χ3v) is 4.37. The molecule has 1 aromatic rings. The van der Waals surface area contributed by atoms with Crippen molar-refractivity contribution in [2.75, 3.05) is 20.3 Å². The summed E-state index contributed by atoms with van der Waals surface area (Å²) in [5.41, 5.74) is 0.203. The van der Waals surface area contributed by atoms with Crippen LogP contribution in [-0.2, 0) is 14.8 Å². The van der Waals surface area contributed by atoms with Crippen LogP contribution in [0.2, 0.25) is 5.02 Å². The van der Waals surface area contributed by atoms with Crippen LogP contribution in [0.3, 0.4) is 0 Å². The highest BCUT2D eigenvalue weighted by Gasteiger charge is 2.20. The Morgan fingerprint density at radius 1 is 1.55 bits per heavy atom. The number of benzene rings is 1. The fourth-order valence-electron chi connectivity index (χ4n) is 1.57. The summed E-state index contributed by atoms with van der Waals surface area (Å²) in [5, 5.41) is 17.7. The molecule has 0 heterocycles. The highest BCUT2D eigenvalue weighted by Crippen LogP contribution is 2.20. The van der Waals surface area contributed by atoms with Gasteiger partial charge >= 0.3 is 0 Å². The molecule has 0 aliphatic heterocycles. The number of aliphatic hydroxyl groups is 1. The van der Waals surface area contributed by atoms with Crippen molar-refractivity contribution in [3.8, 4) is 6.07 Å². The first-order valence-corrected chi connectivity index (χ1v) is 7.62. The molecule has 0 spiro atoms. The van der Waals surface area contributed by atoms with Crippen molar-refractivity contribution in [3.05, 3.63) is 28.8 Å². The van der Waals surface area contributed by atoms with Gasteiger partial charge in [0.25, 0.3) is 0 Å². The number of hydrogen-bond acceptors (Lipinski definition) is 5. The minimum Gasteiger partial charge on any atom is -0.396 e. The van der Waals surface area contributed by atoms with E-state index in [1.807, 2.05) is 6.07 Å². The van der Waals surface area contributed by atoms with Gasteiger partial charge in [-0.25, -0.2) is 13.1 Å². The molecule has 1 aromatic carbocycles. The van der Waals surface area contributed by atoms with E-state index >= 15 is 0 Å². The number of sulfonamides is 1. The molecule has 6 nitrogen and oxygen atoms in total. The largest absolute Gasteiger partial charge is 0.396 e. The van der Waals surface area contributed by atoms with E-state index in [4.69, 9.17) is 26.7 Å². The van der Waals surface area contributed by atoms with Crippen LogP contribution in [0.4, 0.5) is 0 Å². The SMILES string of the molecule is COCC(CCO)NS(=O)(=O)c1ccc(C#N)c(Cl)c1. The Kier molecular flexibility index (Phi) is 6.39. The number of aliphatic hydroxyl groups excluding tert-OH is 1. The quantitative estimate of drug-likeness (QED) is 0.777. The van der Waals surface area contributed by atoms with Gasteiger partial charge in [0.05, 0.1) is 22.1 Å². The molecule has 0 bridgehead atoms. The van der Waals surface area contributed by atoms with Gasteiger partial charge in [-0.05, 0) is 24.6 Å². The van der Waals surface area contributed by atoms with Gasteiger partial charge in [0.15, 0.2) is 0 Å². The Balaban J connectivity index is 2.98. The smallest absolute Gasteiger partial charge is 0.240 e. The molecular formula is C12H15ClN2O4S. The van der Waals surface area contributed by atoms with E-state index in [0.717, 1.165) is 0 Å². The molecule has 0 aliphatic carbocycles. The van der Waals surface area contributed by atoms with Crippen LogP contribution in [0.5, 0.6) is 0 Å². The molecule has 0 aromatic heterocycles. The van der Waals surface area contributed by atoms with Crippen molar-refractivity contribution in [1.29, 1.82) is 5.26 Å². The maximum atomic E-state index is 12.2. The zero-order chi connectivity index (χ0) is 15.2. The Labute approximate surface area is 123 Å². The van der Waals surface area contributed by atoms with Crippen molar-refractivity contribution in [2.24, 2.45) is 0 Å². The van der Waals surface area contributed by atoms with Crippen LogP contribution in [0.1, 0.15) is 12.0 Å². The molecule has 8 heteroatoms. The second-order valence-corrected chi connectivity index (χ2v) is 6.16. The molecule has 0 amide bonds. The van der Waals surface area contributed by atoms with Gasteiger partial charge in [-0.3, -0.25) is 0 Å². The summed E-state index contributed by atoms with van der Waals surface area (Å²) in [6.07, 6.45) is 0.233. The standard InChI is InChI=1S/C12H15ClN2O4S/c1-19-8-10(4-5-16)15-20(17,18)11-3-2-9(7-14)12(13)6-11/h2-3,6,10,15-16H,4-5,8H2,1H3. The number of ether oxygens (including phenoxy) is 1. The van der Waals surface area contributed by atoms with E-state index in [0.29, 0.717) is 0 Å². The Morgan fingerprint density at radius 3 is 2.75 bits per heavy atom. The molecule has 0 radical (unpaired) electrons. The summed E-state index contributed by atoms with van der Waals surface area (Å²) in [7, 11) is -2.34. The average Bonchev–Trinajstić information content (AvgIpc) is 2.38. The van der Waals surface area contributed by atoms with Crippen LogP contribution in [0, 0.1) is 11.3 Å². The number of nitrogens with one attached hydrogen (secondary N) is 1. The van der Waals surface area contributed by atoms with Gasteiger partial charge < -0.3 is 9.84 Å². The van der Waals surface area contributed by atoms with Crippen molar-refractivity contribution in [2.45, 2.75) is 17.4 Å². The summed E-state index contributed by atoms with van der Waals surface area (Å²) in [6.45, 7) is -0.0194. The van der Waals surface area contributed by atoms with E-state index in [-0.39, 0.29) is 35.1 Å². The highest BCUT2D eigenvalue weighted by atomic mass is 35.5. The molecule has 0 saturated heterocycles. The molecule has 110 valence electrons. The fraction of sp³-hybridized carbons (Fsp3) is 0.417. The predicted octanol–water partition coefficient (Wildman–Crippen LogP) is 0.887. The molecule has 1 unspecified atom stereocenters. The monoisotopic (exact) mass is 318 g/mol. The summed E-state index contributed by atoms with van der Waals surface area (Å²) < 4.78 is 31.6. The molecular weight excluding hydrogens is 304 g/mol. The molecule has 0 aliphatic rings. The number of rotatable bonds is 7. The minimum absolute atomic E-state index is 0.0412. The summed E-state index contributed by atoms with van der Waals surface area (Å²) >= 11 is 5.82. The summed E-state index contributed by atoms with van der Waals surface area (Å²) in [6, 6.07) is 5.17. The van der Waals surface area contributed by atoms with Crippen molar-refractivity contribution in [1.82, 2.24) is 4.72 Å². The average molecular weight is 319 g/mol. The molecule has 0 saturated carbocycles. The topological polar surface area (TPSA) is 99.4 Å². The fourth-order valence-corrected chi connectivity index (χ4v) is 3.14. The van der Waals surface area contributed by atoms with Crippen LogP contribution in [0.15, 0.2) is 23.1 Å². The molecule has 0 fully saturated rings. The first kappa shape index (κ1) is 16.9. The third-order valence-electron chi connectivity index (χ3n) is 2.54. The Morgan fingerprint density at radius 2 is 2.25 bits per heavy atom. The zero-order valence-corrected chi connectivity index (χ0v) is 12.4. The third kappa shape index (κ3) is 4.44. The van der Waals surface area contributed by atoms with Crippen LogP contribution in [-0.4, -0.2) is 39.9 Å². The highest BCUT2D eigenvalue weighted by molar-refractivity contribution is 7.89. The minimum atomic E-state index is -3.79. The molecule has 20 heavy (non-hydrogen) atoms. The van der Waals surface area contributed by atoms with Gasteiger partial charge in [0.1, 0.15) is 6.07 Å². The van der Waals surface area contributed by atoms with Gasteiger partial charge in [-0.2, -0.15) is 5.26 Å². The Hall–Kier alpha value is -1.17.